The predicted octanol–water partition coefficient (Wildman–Crippen LogP) is 2.62. The molecule has 0 aliphatic heterocycles. The van der Waals surface area contributed by atoms with Crippen molar-refractivity contribution in [1.29, 1.82) is 0 Å². The number of nitrogens with two attached hydrogens (primary N) is 1. The zero-order chi connectivity index (χ0) is 13.1. The highest BCUT2D eigenvalue weighted by Gasteiger charge is 2.30. The van der Waals surface area contributed by atoms with Gasteiger partial charge in [-0.05, 0) is 37.3 Å². The Hall–Kier alpha value is -1.35. The molecule has 3 nitrogen and oxygen atoms in total. The first-order valence-electron chi connectivity index (χ1n) is 6.78. The first-order valence-corrected chi connectivity index (χ1v) is 6.78. The van der Waals surface area contributed by atoms with Crippen LogP contribution in [0.15, 0.2) is 18.2 Å². The molecule has 0 aromatic heterocycles. The smallest absolute Gasteiger partial charge is 0.229 e. The normalized spacial score (nSPS) is 23.1. The number of aryl methyl sites for hydroxylation is 2. The molecule has 98 valence electrons. The Balaban J connectivity index is 2.16. The van der Waals surface area contributed by atoms with Gasteiger partial charge in [0.1, 0.15) is 0 Å². The molecule has 1 aromatic rings. The summed E-state index contributed by atoms with van der Waals surface area (Å²) < 4.78 is 0. The molecular weight excluding hydrogens is 224 g/mol. The summed E-state index contributed by atoms with van der Waals surface area (Å²) >= 11 is 0. The Morgan fingerprint density at radius 3 is 2.83 bits per heavy atom. The fourth-order valence-corrected chi connectivity index (χ4v) is 2.73. The lowest BCUT2D eigenvalue weighted by atomic mass is 10.0. The van der Waals surface area contributed by atoms with Crippen molar-refractivity contribution in [2.24, 2.45) is 11.7 Å². The fraction of sp³-hybridized carbons (Fsp3) is 0.533. The van der Waals surface area contributed by atoms with Gasteiger partial charge in [0.25, 0.3) is 0 Å². The van der Waals surface area contributed by atoms with Crippen molar-refractivity contribution < 1.29 is 4.79 Å². The minimum Gasteiger partial charge on any atom is -0.327 e. The van der Waals surface area contributed by atoms with Gasteiger partial charge in [-0.1, -0.05) is 31.5 Å². The van der Waals surface area contributed by atoms with Gasteiger partial charge in [-0.15, -0.1) is 0 Å². The third-order valence-corrected chi connectivity index (χ3v) is 3.89. The number of rotatable bonds is 3. The number of benzene rings is 1. The Morgan fingerprint density at radius 1 is 1.44 bits per heavy atom. The summed E-state index contributed by atoms with van der Waals surface area (Å²) in [5, 5.41) is 3.08. The van der Waals surface area contributed by atoms with Crippen LogP contribution in [-0.4, -0.2) is 11.9 Å². The predicted molar refractivity (Wildman–Crippen MR) is 74.5 cm³/mol. The molecule has 1 saturated carbocycles. The average Bonchev–Trinajstić information content (AvgIpc) is 2.78. The molecule has 18 heavy (non-hydrogen) atoms. The second-order valence-electron chi connectivity index (χ2n) is 5.15. The van der Waals surface area contributed by atoms with Crippen molar-refractivity contribution in [3.8, 4) is 0 Å². The highest BCUT2D eigenvalue weighted by Crippen LogP contribution is 2.27. The fourth-order valence-electron chi connectivity index (χ4n) is 2.73. The number of nitrogens with one attached hydrogen (secondary N) is 1. The first-order chi connectivity index (χ1) is 8.63. The van der Waals surface area contributed by atoms with E-state index in [-0.39, 0.29) is 17.9 Å². The first kappa shape index (κ1) is 13.1. The monoisotopic (exact) mass is 246 g/mol. The molecule has 0 radical (unpaired) electrons. The third kappa shape index (κ3) is 2.56. The van der Waals surface area contributed by atoms with Gasteiger partial charge < -0.3 is 11.1 Å². The highest BCUT2D eigenvalue weighted by molar-refractivity contribution is 5.94. The minimum atomic E-state index is -0.0192. The Bertz CT molecular complexity index is 442. The lowest BCUT2D eigenvalue weighted by Crippen LogP contribution is -2.34. The van der Waals surface area contributed by atoms with Gasteiger partial charge in [0.15, 0.2) is 0 Å². The Kier molecular flexibility index (Phi) is 4.02. The van der Waals surface area contributed by atoms with E-state index in [1.807, 2.05) is 19.1 Å². The summed E-state index contributed by atoms with van der Waals surface area (Å²) in [4.78, 5) is 12.3. The average molecular weight is 246 g/mol. The van der Waals surface area contributed by atoms with E-state index in [2.05, 4.69) is 18.3 Å². The van der Waals surface area contributed by atoms with Gasteiger partial charge in [-0.2, -0.15) is 0 Å². The van der Waals surface area contributed by atoms with Crippen LogP contribution in [0.4, 0.5) is 5.69 Å². The number of amides is 1. The molecule has 1 aliphatic carbocycles. The SMILES string of the molecule is CCc1cccc(C)c1NC(=O)C1CCCC1N. The molecule has 1 amide bonds. The lowest BCUT2D eigenvalue weighted by Gasteiger charge is -2.18. The van der Waals surface area contributed by atoms with Crippen LogP contribution in [0.3, 0.4) is 0 Å². The van der Waals surface area contributed by atoms with Gasteiger partial charge in [0.2, 0.25) is 5.91 Å². The molecule has 1 fully saturated rings. The van der Waals surface area contributed by atoms with E-state index in [0.29, 0.717) is 0 Å². The number of anilines is 1. The van der Waals surface area contributed by atoms with E-state index in [4.69, 9.17) is 5.73 Å². The number of carbonyl (C=O) groups excluding carboxylic acids is 1. The van der Waals surface area contributed by atoms with Crippen molar-refractivity contribution in [3.05, 3.63) is 29.3 Å². The maximum absolute atomic E-state index is 12.3. The van der Waals surface area contributed by atoms with Crippen LogP contribution in [0.2, 0.25) is 0 Å². The molecule has 1 aliphatic rings. The van der Waals surface area contributed by atoms with Crippen molar-refractivity contribution in [1.82, 2.24) is 0 Å². The van der Waals surface area contributed by atoms with Crippen molar-refractivity contribution in [2.45, 2.75) is 45.6 Å². The maximum atomic E-state index is 12.3. The molecular formula is C15H22N2O. The summed E-state index contributed by atoms with van der Waals surface area (Å²) in [5.74, 6) is 0.0679. The number of carbonyl (C=O) groups is 1. The largest absolute Gasteiger partial charge is 0.327 e. The molecule has 3 heteroatoms. The van der Waals surface area contributed by atoms with Crippen molar-refractivity contribution in [3.63, 3.8) is 0 Å². The second-order valence-corrected chi connectivity index (χ2v) is 5.15. The molecule has 2 rings (SSSR count). The van der Waals surface area contributed by atoms with Gasteiger partial charge in [0.05, 0.1) is 5.92 Å². The number of para-hydroxylation sites is 1. The van der Waals surface area contributed by atoms with Crippen LogP contribution in [0.25, 0.3) is 0 Å². The Morgan fingerprint density at radius 2 is 2.22 bits per heavy atom. The Labute approximate surface area is 109 Å². The van der Waals surface area contributed by atoms with Crippen LogP contribution in [0.1, 0.15) is 37.3 Å². The molecule has 2 unspecified atom stereocenters. The van der Waals surface area contributed by atoms with E-state index < -0.39 is 0 Å². The summed E-state index contributed by atoms with van der Waals surface area (Å²) in [7, 11) is 0. The molecule has 1 aromatic carbocycles. The van der Waals surface area contributed by atoms with Crippen LogP contribution in [0, 0.1) is 12.8 Å². The van der Waals surface area contributed by atoms with E-state index in [0.717, 1.165) is 36.9 Å². The zero-order valence-corrected chi connectivity index (χ0v) is 11.2. The molecule has 0 spiro atoms. The second kappa shape index (κ2) is 5.53. The van der Waals surface area contributed by atoms with Crippen LogP contribution in [0.5, 0.6) is 0 Å². The van der Waals surface area contributed by atoms with Gasteiger partial charge in [-0.3, -0.25) is 4.79 Å². The third-order valence-electron chi connectivity index (χ3n) is 3.89. The van der Waals surface area contributed by atoms with E-state index >= 15 is 0 Å². The maximum Gasteiger partial charge on any atom is 0.229 e. The zero-order valence-electron chi connectivity index (χ0n) is 11.2. The summed E-state index contributed by atoms with van der Waals surface area (Å²) in [6, 6.07) is 6.16. The summed E-state index contributed by atoms with van der Waals surface area (Å²) in [6.07, 6.45) is 3.87. The molecule has 2 atom stereocenters. The van der Waals surface area contributed by atoms with E-state index in [9.17, 15) is 4.79 Å². The van der Waals surface area contributed by atoms with E-state index in [1.165, 1.54) is 5.56 Å². The van der Waals surface area contributed by atoms with Crippen molar-refractivity contribution in [2.75, 3.05) is 5.32 Å². The molecule has 0 heterocycles. The molecule has 0 saturated heterocycles. The number of hydrogen-bond acceptors (Lipinski definition) is 2. The molecule has 0 bridgehead atoms. The van der Waals surface area contributed by atoms with Crippen molar-refractivity contribution >= 4 is 11.6 Å². The van der Waals surface area contributed by atoms with Crippen LogP contribution in [-0.2, 0) is 11.2 Å². The number of hydrogen-bond donors (Lipinski definition) is 2. The summed E-state index contributed by atoms with van der Waals surface area (Å²) in [5.41, 5.74) is 9.27. The standard InChI is InChI=1S/C15H22N2O/c1-3-11-7-4-6-10(2)14(11)17-15(18)12-8-5-9-13(12)16/h4,6-7,12-13H,3,5,8-9,16H2,1-2H3,(H,17,18). The van der Waals surface area contributed by atoms with Crippen LogP contribution >= 0.6 is 0 Å². The van der Waals surface area contributed by atoms with Crippen LogP contribution < -0.4 is 11.1 Å². The molecule has 3 N–H and O–H groups in total. The van der Waals surface area contributed by atoms with Gasteiger partial charge >= 0.3 is 0 Å². The van der Waals surface area contributed by atoms with Gasteiger partial charge in [-0.25, -0.2) is 0 Å². The summed E-state index contributed by atoms with van der Waals surface area (Å²) in [6.45, 7) is 4.13. The topological polar surface area (TPSA) is 55.1 Å². The van der Waals surface area contributed by atoms with E-state index in [1.54, 1.807) is 0 Å². The highest BCUT2D eigenvalue weighted by atomic mass is 16.1. The minimum absolute atomic E-state index is 0.0192. The quantitative estimate of drug-likeness (QED) is 0.861. The lowest BCUT2D eigenvalue weighted by molar-refractivity contribution is -0.120. The van der Waals surface area contributed by atoms with Gasteiger partial charge in [0, 0.05) is 11.7 Å².